The molecule has 2 unspecified atom stereocenters. The molecule has 2 bridgehead atoms. The summed E-state index contributed by atoms with van der Waals surface area (Å²) in [6.45, 7) is 3.62. The zero-order chi connectivity index (χ0) is 22.9. The number of Topliss-reactive ketones (excluding diaryl/α,β-unsaturated/α-hetero) is 1. The molecule has 176 valence electrons. The van der Waals surface area contributed by atoms with Crippen molar-refractivity contribution >= 4 is 28.3 Å². The van der Waals surface area contributed by atoms with Crippen molar-refractivity contribution in [3.8, 4) is 5.75 Å². The fourth-order valence-corrected chi connectivity index (χ4v) is 6.04. The second kappa shape index (κ2) is 9.55. The van der Waals surface area contributed by atoms with E-state index in [1.807, 2.05) is 36.5 Å². The standard InChI is InChI=1S/C27H33ClN2O3/c1-18(31)26-17-29(27-16-23(32-2)10-11-25(26)27)12-3-13-30-20-6-7-21(30)15-24(14-20)33-22-8-4-19(28)5-9-22/h4,8,10-11,16-17,20-21,24H,3,5-7,9,12-15H2,1-2H3. The first-order valence-corrected chi connectivity index (χ1v) is 12.5. The number of allylic oxidation sites excluding steroid dienone is 4. The number of piperidine rings is 1. The summed E-state index contributed by atoms with van der Waals surface area (Å²) in [6.07, 6.45) is 14.0. The fourth-order valence-electron chi connectivity index (χ4n) is 5.88. The molecular weight excluding hydrogens is 436 g/mol. The van der Waals surface area contributed by atoms with Crippen LogP contribution < -0.4 is 4.74 Å². The van der Waals surface area contributed by atoms with Gasteiger partial charge in [-0.15, -0.1) is 0 Å². The first-order valence-electron chi connectivity index (χ1n) is 12.2. The molecule has 1 aromatic heterocycles. The van der Waals surface area contributed by atoms with Crippen LogP contribution in [0.1, 0.15) is 62.2 Å². The Bertz CT molecular complexity index is 1090. The average molecular weight is 469 g/mol. The Morgan fingerprint density at radius 2 is 1.91 bits per heavy atom. The van der Waals surface area contributed by atoms with E-state index < -0.39 is 0 Å². The third kappa shape index (κ3) is 4.71. The lowest BCUT2D eigenvalue weighted by atomic mass is 9.99. The van der Waals surface area contributed by atoms with Crippen molar-refractivity contribution in [1.82, 2.24) is 9.47 Å². The van der Waals surface area contributed by atoms with E-state index in [9.17, 15) is 4.79 Å². The topological polar surface area (TPSA) is 43.7 Å². The molecule has 0 saturated carbocycles. The van der Waals surface area contributed by atoms with Crippen molar-refractivity contribution in [3.05, 3.63) is 52.9 Å². The molecule has 3 heterocycles. The van der Waals surface area contributed by atoms with E-state index in [4.69, 9.17) is 21.1 Å². The summed E-state index contributed by atoms with van der Waals surface area (Å²) in [5.41, 5.74) is 1.86. The van der Waals surface area contributed by atoms with Crippen molar-refractivity contribution in [2.75, 3.05) is 13.7 Å². The van der Waals surface area contributed by atoms with Crippen LogP contribution in [0.25, 0.3) is 10.9 Å². The van der Waals surface area contributed by atoms with Crippen LogP contribution in [0.3, 0.4) is 0 Å². The number of ether oxygens (including phenoxy) is 2. The maximum atomic E-state index is 12.2. The maximum Gasteiger partial charge on any atom is 0.161 e. The Kier molecular flexibility index (Phi) is 6.53. The van der Waals surface area contributed by atoms with Crippen molar-refractivity contribution < 1.29 is 14.3 Å². The number of ketones is 1. The monoisotopic (exact) mass is 468 g/mol. The molecule has 0 amide bonds. The Morgan fingerprint density at radius 1 is 1.12 bits per heavy atom. The predicted octanol–water partition coefficient (Wildman–Crippen LogP) is 6.06. The van der Waals surface area contributed by atoms with Gasteiger partial charge in [-0.2, -0.15) is 0 Å². The summed E-state index contributed by atoms with van der Waals surface area (Å²) < 4.78 is 14.0. The number of benzene rings is 1. The Labute approximate surface area is 201 Å². The van der Waals surface area contributed by atoms with Crippen molar-refractivity contribution in [2.24, 2.45) is 0 Å². The molecule has 1 aliphatic carbocycles. The smallest absolute Gasteiger partial charge is 0.161 e. The molecular formula is C27H33ClN2O3. The van der Waals surface area contributed by atoms with Crippen molar-refractivity contribution in [1.29, 1.82) is 0 Å². The van der Waals surface area contributed by atoms with E-state index in [0.29, 0.717) is 18.2 Å². The van der Waals surface area contributed by atoms with Crippen LogP contribution in [-0.4, -0.2) is 47.1 Å². The Morgan fingerprint density at radius 3 is 2.58 bits per heavy atom. The summed E-state index contributed by atoms with van der Waals surface area (Å²) in [4.78, 5) is 14.9. The summed E-state index contributed by atoms with van der Waals surface area (Å²) in [6, 6.07) is 7.20. The average Bonchev–Trinajstić information content (AvgIpc) is 3.29. The minimum absolute atomic E-state index is 0.106. The molecule has 2 atom stereocenters. The fraction of sp³-hybridized carbons (Fsp3) is 0.519. The quantitative estimate of drug-likeness (QED) is 0.442. The molecule has 0 spiro atoms. The second-order valence-corrected chi connectivity index (χ2v) is 10.1. The number of rotatable bonds is 8. The predicted molar refractivity (Wildman–Crippen MR) is 132 cm³/mol. The lowest BCUT2D eigenvalue weighted by molar-refractivity contribution is 0.00953. The summed E-state index contributed by atoms with van der Waals surface area (Å²) >= 11 is 6.09. The molecule has 1 aromatic carbocycles. The minimum Gasteiger partial charge on any atom is -0.497 e. The number of methoxy groups -OCH3 is 1. The second-order valence-electron chi connectivity index (χ2n) is 9.61. The van der Waals surface area contributed by atoms with Crippen LogP contribution in [0, 0.1) is 0 Å². The van der Waals surface area contributed by atoms with Crippen LogP contribution >= 0.6 is 11.6 Å². The van der Waals surface area contributed by atoms with Gasteiger partial charge in [0.25, 0.3) is 0 Å². The molecule has 6 heteroatoms. The lowest BCUT2D eigenvalue weighted by Crippen LogP contribution is -2.45. The lowest BCUT2D eigenvalue weighted by Gasteiger charge is -2.39. The van der Waals surface area contributed by atoms with E-state index >= 15 is 0 Å². The number of aryl methyl sites for hydroxylation is 1. The van der Waals surface area contributed by atoms with Crippen LogP contribution in [-0.2, 0) is 11.3 Å². The Balaban J connectivity index is 1.21. The highest BCUT2D eigenvalue weighted by Crippen LogP contribution is 2.38. The molecule has 0 N–H and O–H groups in total. The van der Waals surface area contributed by atoms with Crippen LogP contribution in [0.2, 0.25) is 0 Å². The van der Waals surface area contributed by atoms with Gasteiger partial charge in [0.15, 0.2) is 5.78 Å². The molecule has 2 aliphatic heterocycles. The van der Waals surface area contributed by atoms with Gasteiger partial charge in [0.2, 0.25) is 0 Å². The summed E-state index contributed by atoms with van der Waals surface area (Å²) in [7, 11) is 1.68. The molecule has 2 fully saturated rings. The van der Waals surface area contributed by atoms with E-state index in [-0.39, 0.29) is 5.78 Å². The zero-order valence-electron chi connectivity index (χ0n) is 19.6. The number of halogens is 1. The van der Waals surface area contributed by atoms with Crippen LogP contribution in [0.15, 0.2) is 47.3 Å². The number of carbonyl (C=O) groups excluding carboxylic acids is 1. The molecule has 5 nitrogen and oxygen atoms in total. The first-order chi connectivity index (χ1) is 16.0. The van der Waals surface area contributed by atoms with Gasteiger partial charge in [-0.1, -0.05) is 11.6 Å². The van der Waals surface area contributed by atoms with Crippen molar-refractivity contribution in [2.45, 2.75) is 76.6 Å². The van der Waals surface area contributed by atoms with E-state index in [1.165, 1.54) is 12.8 Å². The highest BCUT2D eigenvalue weighted by Gasteiger charge is 2.41. The number of hydrogen-bond donors (Lipinski definition) is 0. The van der Waals surface area contributed by atoms with E-state index in [2.05, 4.69) is 9.47 Å². The van der Waals surface area contributed by atoms with Gasteiger partial charge in [-0.3, -0.25) is 9.69 Å². The van der Waals surface area contributed by atoms with E-state index in [1.54, 1.807) is 14.0 Å². The number of aromatic nitrogens is 1. The minimum atomic E-state index is 0.106. The summed E-state index contributed by atoms with van der Waals surface area (Å²) in [5.74, 6) is 2.02. The van der Waals surface area contributed by atoms with Gasteiger partial charge in [-0.25, -0.2) is 0 Å². The van der Waals surface area contributed by atoms with E-state index in [0.717, 1.165) is 78.2 Å². The highest BCUT2D eigenvalue weighted by atomic mass is 35.5. The highest BCUT2D eigenvalue weighted by molar-refractivity contribution is 6.29. The molecule has 3 aliphatic rings. The Hall–Kier alpha value is -2.24. The number of carbonyl (C=O) groups is 1. The maximum absolute atomic E-state index is 12.2. The first kappa shape index (κ1) is 22.5. The molecule has 0 radical (unpaired) electrons. The number of hydrogen-bond acceptors (Lipinski definition) is 4. The van der Waals surface area contributed by atoms with Gasteiger partial charge in [0.05, 0.1) is 18.4 Å². The number of fused-ring (bicyclic) bond motifs is 3. The van der Waals surface area contributed by atoms with Gasteiger partial charge in [0.1, 0.15) is 11.9 Å². The number of nitrogens with zero attached hydrogens (tertiary/aromatic N) is 2. The van der Waals surface area contributed by atoms with Crippen LogP contribution in [0.4, 0.5) is 0 Å². The van der Waals surface area contributed by atoms with Gasteiger partial charge in [-0.05, 0) is 69.7 Å². The van der Waals surface area contributed by atoms with Crippen LogP contribution in [0.5, 0.6) is 5.75 Å². The normalized spacial score (nSPS) is 25.1. The van der Waals surface area contributed by atoms with Crippen molar-refractivity contribution in [3.63, 3.8) is 0 Å². The largest absolute Gasteiger partial charge is 0.497 e. The molecule has 5 rings (SSSR count). The van der Waals surface area contributed by atoms with Gasteiger partial charge < -0.3 is 14.0 Å². The molecule has 2 saturated heterocycles. The molecule has 33 heavy (non-hydrogen) atoms. The zero-order valence-corrected chi connectivity index (χ0v) is 20.3. The SMILES string of the molecule is COc1ccc2c(C(C)=O)cn(CCCN3C4CCC3CC(OC3=CC=C(Cl)CC3)C4)c2c1. The van der Waals surface area contributed by atoms with Gasteiger partial charge in [0, 0.05) is 59.8 Å². The summed E-state index contributed by atoms with van der Waals surface area (Å²) in [5, 5.41) is 1.93. The third-order valence-corrected chi connectivity index (χ3v) is 7.82. The third-order valence-electron chi connectivity index (χ3n) is 7.50. The van der Waals surface area contributed by atoms with Gasteiger partial charge >= 0.3 is 0 Å². The molecule has 2 aromatic rings.